The first kappa shape index (κ1) is 13.0. The van der Waals surface area contributed by atoms with Crippen LogP contribution in [0.5, 0.6) is 0 Å². The molecule has 0 heterocycles. The van der Waals surface area contributed by atoms with Crippen LogP contribution >= 0.6 is 0 Å². The summed E-state index contributed by atoms with van der Waals surface area (Å²) < 4.78 is 0. The molecule has 0 aromatic carbocycles. The van der Waals surface area contributed by atoms with Gasteiger partial charge < -0.3 is 10.4 Å². The molecule has 4 nitrogen and oxygen atoms in total. The van der Waals surface area contributed by atoms with E-state index in [1.165, 1.54) is 0 Å². The van der Waals surface area contributed by atoms with Gasteiger partial charge in [-0.3, -0.25) is 9.59 Å². The summed E-state index contributed by atoms with van der Waals surface area (Å²) >= 11 is 0. The average Bonchev–Trinajstić information content (AvgIpc) is 2.48. The van der Waals surface area contributed by atoms with Crippen molar-refractivity contribution in [2.75, 3.05) is 0 Å². The van der Waals surface area contributed by atoms with Gasteiger partial charge in [0.25, 0.3) is 0 Å². The second kappa shape index (κ2) is 4.85. The molecule has 0 saturated heterocycles. The van der Waals surface area contributed by atoms with Gasteiger partial charge in [0.15, 0.2) is 0 Å². The first-order chi connectivity index (χ1) is 7.28. The van der Waals surface area contributed by atoms with Gasteiger partial charge in [0, 0.05) is 12.5 Å². The third-order valence-electron chi connectivity index (χ3n) is 2.84. The minimum Gasteiger partial charge on any atom is -0.481 e. The molecule has 0 aromatic heterocycles. The molecule has 1 fully saturated rings. The van der Waals surface area contributed by atoms with Crippen LogP contribution in [0.1, 0.15) is 46.5 Å². The lowest BCUT2D eigenvalue weighted by molar-refractivity contribution is -0.141. The highest BCUT2D eigenvalue weighted by Crippen LogP contribution is 2.26. The van der Waals surface area contributed by atoms with E-state index in [1.54, 1.807) is 0 Å². The van der Waals surface area contributed by atoms with Gasteiger partial charge in [0.05, 0.1) is 5.92 Å². The van der Waals surface area contributed by atoms with Crippen LogP contribution in [0.4, 0.5) is 0 Å². The van der Waals surface area contributed by atoms with Crippen LogP contribution in [-0.4, -0.2) is 23.0 Å². The average molecular weight is 227 g/mol. The minimum absolute atomic E-state index is 0.0190. The van der Waals surface area contributed by atoms with Gasteiger partial charge in [-0.1, -0.05) is 20.8 Å². The monoisotopic (exact) mass is 227 g/mol. The Morgan fingerprint density at radius 3 is 2.38 bits per heavy atom. The van der Waals surface area contributed by atoms with Crippen molar-refractivity contribution in [3.8, 4) is 0 Å². The number of hydrogen-bond acceptors (Lipinski definition) is 2. The topological polar surface area (TPSA) is 66.4 Å². The van der Waals surface area contributed by atoms with Crippen molar-refractivity contribution in [1.29, 1.82) is 0 Å². The van der Waals surface area contributed by atoms with Crippen molar-refractivity contribution in [2.45, 2.75) is 52.5 Å². The molecule has 4 heteroatoms. The zero-order valence-electron chi connectivity index (χ0n) is 10.2. The first-order valence-electron chi connectivity index (χ1n) is 5.80. The van der Waals surface area contributed by atoms with E-state index < -0.39 is 5.97 Å². The summed E-state index contributed by atoms with van der Waals surface area (Å²) in [6.45, 7) is 6.05. The van der Waals surface area contributed by atoms with Crippen molar-refractivity contribution < 1.29 is 14.7 Å². The number of hydrogen-bond donors (Lipinski definition) is 2. The number of carboxylic acids is 1. The molecule has 1 saturated carbocycles. The Labute approximate surface area is 96.4 Å². The molecule has 1 rings (SSSR count). The number of aliphatic carboxylic acids is 1. The van der Waals surface area contributed by atoms with E-state index in [9.17, 15) is 9.59 Å². The van der Waals surface area contributed by atoms with Gasteiger partial charge in [0.1, 0.15) is 0 Å². The predicted molar refractivity (Wildman–Crippen MR) is 61.0 cm³/mol. The molecular weight excluding hydrogens is 206 g/mol. The largest absolute Gasteiger partial charge is 0.481 e. The Bertz CT molecular complexity index is 280. The Morgan fingerprint density at radius 2 is 1.94 bits per heavy atom. The fourth-order valence-corrected chi connectivity index (χ4v) is 2.10. The van der Waals surface area contributed by atoms with Crippen molar-refractivity contribution in [3.05, 3.63) is 0 Å². The number of carboxylic acid groups (broad SMARTS) is 1. The van der Waals surface area contributed by atoms with Crippen LogP contribution < -0.4 is 5.32 Å². The summed E-state index contributed by atoms with van der Waals surface area (Å²) in [7, 11) is 0. The van der Waals surface area contributed by atoms with E-state index in [-0.39, 0.29) is 23.3 Å². The van der Waals surface area contributed by atoms with Gasteiger partial charge in [0.2, 0.25) is 5.91 Å². The van der Waals surface area contributed by atoms with Crippen molar-refractivity contribution in [2.24, 2.45) is 11.3 Å². The van der Waals surface area contributed by atoms with E-state index in [2.05, 4.69) is 5.32 Å². The summed E-state index contributed by atoms with van der Waals surface area (Å²) in [6.07, 6.45) is 2.52. The number of carbonyl (C=O) groups excluding carboxylic acids is 1. The SMILES string of the molecule is CC(C)(C)CC(=O)N[C@H]1CC[C@H](C(=O)O)C1. The number of rotatable bonds is 3. The standard InChI is InChI=1S/C12H21NO3/c1-12(2,3)7-10(14)13-9-5-4-8(6-9)11(15)16/h8-9H,4-7H2,1-3H3,(H,13,14)(H,15,16)/t8-,9-/m0/s1. The van der Waals surface area contributed by atoms with Gasteiger partial charge in [-0.05, 0) is 24.7 Å². The number of nitrogens with one attached hydrogen (secondary N) is 1. The van der Waals surface area contributed by atoms with Gasteiger partial charge in [-0.2, -0.15) is 0 Å². The molecule has 0 unspecified atom stereocenters. The van der Waals surface area contributed by atoms with E-state index >= 15 is 0 Å². The molecule has 92 valence electrons. The summed E-state index contributed by atoms with van der Waals surface area (Å²) in [5, 5.41) is 11.8. The highest BCUT2D eigenvalue weighted by atomic mass is 16.4. The Hall–Kier alpha value is -1.06. The Morgan fingerprint density at radius 1 is 1.31 bits per heavy atom. The third kappa shape index (κ3) is 4.21. The minimum atomic E-state index is -0.743. The molecule has 2 atom stereocenters. The summed E-state index contributed by atoms with van der Waals surface area (Å²) in [5.74, 6) is -0.990. The maximum Gasteiger partial charge on any atom is 0.306 e. The smallest absolute Gasteiger partial charge is 0.306 e. The molecule has 0 spiro atoms. The van der Waals surface area contributed by atoms with E-state index in [0.717, 1.165) is 6.42 Å². The van der Waals surface area contributed by atoms with Crippen LogP contribution in [0.25, 0.3) is 0 Å². The molecule has 1 amide bonds. The second-order valence-electron chi connectivity index (χ2n) is 5.85. The summed E-state index contributed by atoms with van der Waals surface area (Å²) in [6, 6.07) is 0.0518. The van der Waals surface area contributed by atoms with Crippen LogP contribution in [0.3, 0.4) is 0 Å². The lowest BCUT2D eigenvalue weighted by Gasteiger charge is -2.19. The summed E-state index contributed by atoms with van der Waals surface area (Å²) in [4.78, 5) is 22.4. The summed E-state index contributed by atoms with van der Waals surface area (Å²) in [5.41, 5.74) is -0.0190. The quantitative estimate of drug-likeness (QED) is 0.772. The van der Waals surface area contributed by atoms with Gasteiger partial charge in [-0.15, -0.1) is 0 Å². The Kier molecular flexibility index (Phi) is 3.94. The fourth-order valence-electron chi connectivity index (χ4n) is 2.10. The molecule has 16 heavy (non-hydrogen) atoms. The highest BCUT2D eigenvalue weighted by molar-refractivity contribution is 5.77. The lowest BCUT2D eigenvalue weighted by atomic mass is 9.92. The van der Waals surface area contributed by atoms with Crippen molar-refractivity contribution >= 4 is 11.9 Å². The lowest BCUT2D eigenvalue weighted by Crippen LogP contribution is -2.35. The van der Waals surface area contributed by atoms with Crippen LogP contribution in [0.2, 0.25) is 0 Å². The van der Waals surface area contributed by atoms with Crippen LogP contribution in [0, 0.1) is 11.3 Å². The second-order valence-corrected chi connectivity index (χ2v) is 5.85. The van der Waals surface area contributed by atoms with Crippen molar-refractivity contribution in [3.63, 3.8) is 0 Å². The molecule has 1 aliphatic carbocycles. The number of carbonyl (C=O) groups is 2. The molecule has 2 N–H and O–H groups in total. The fraction of sp³-hybridized carbons (Fsp3) is 0.833. The zero-order chi connectivity index (χ0) is 12.3. The van der Waals surface area contributed by atoms with E-state index in [1.807, 2.05) is 20.8 Å². The van der Waals surface area contributed by atoms with Crippen LogP contribution in [0.15, 0.2) is 0 Å². The molecule has 0 radical (unpaired) electrons. The first-order valence-corrected chi connectivity index (χ1v) is 5.80. The third-order valence-corrected chi connectivity index (χ3v) is 2.84. The maximum atomic E-state index is 11.6. The van der Waals surface area contributed by atoms with Gasteiger partial charge in [-0.25, -0.2) is 0 Å². The molecule has 1 aliphatic rings. The Balaban J connectivity index is 2.34. The molecule has 0 aromatic rings. The van der Waals surface area contributed by atoms with Crippen molar-refractivity contribution in [1.82, 2.24) is 5.32 Å². The predicted octanol–water partition coefficient (Wildman–Crippen LogP) is 1.79. The number of amides is 1. The molecular formula is C12H21NO3. The van der Waals surface area contributed by atoms with E-state index in [4.69, 9.17) is 5.11 Å². The van der Waals surface area contributed by atoms with Crippen LogP contribution in [-0.2, 0) is 9.59 Å². The van der Waals surface area contributed by atoms with Gasteiger partial charge >= 0.3 is 5.97 Å². The molecule has 0 aliphatic heterocycles. The zero-order valence-corrected chi connectivity index (χ0v) is 10.2. The highest BCUT2D eigenvalue weighted by Gasteiger charge is 2.30. The maximum absolute atomic E-state index is 11.6. The normalized spacial score (nSPS) is 25.4. The molecule has 0 bridgehead atoms. The van der Waals surface area contributed by atoms with E-state index in [0.29, 0.717) is 19.3 Å².